The number of nitro benzene ring substituents is 2. The van der Waals surface area contributed by atoms with Gasteiger partial charge in [0.1, 0.15) is 22.6 Å². The Hall–Kier alpha value is -5.76. The Morgan fingerprint density at radius 1 is 0.725 bits per heavy atom. The number of aliphatic carboxylic acids is 2. The van der Waals surface area contributed by atoms with Crippen LogP contribution in [0.25, 0.3) is 0 Å². The Labute approximate surface area is 289 Å². The molecule has 4 atom stereocenters. The van der Waals surface area contributed by atoms with Crippen LogP contribution in [0.1, 0.15) is 53.8 Å². The number of aliphatic hydroxyl groups is 2. The van der Waals surface area contributed by atoms with Gasteiger partial charge in [0, 0.05) is 56.6 Å². The maximum Gasteiger partial charge on any atom is 0.329 e. The summed E-state index contributed by atoms with van der Waals surface area (Å²) in [5, 5.41) is 63.5. The van der Waals surface area contributed by atoms with Gasteiger partial charge in [0.25, 0.3) is 11.8 Å². The quantitative estimate of drug-likeness (QED) is 0.122. The highest BCUT2D eigenvalue weighted by Gasteiger charge is 2.52. The summed E-state index contributed by atoms with van der Waals surface area (Å²) in [6.07, 6.45) is -2.77. The Balaban J connectivity index is 1.50. The molecule has 0 aromatic heterocycles. The second-order valence-electron chi connectivity index (χ2n) is 12.3. The summed E-state index contributed by atoms with van der Waals surface area (Å²) in [7, 11) is 2.37. The number of ether oxygens (including phenoxy) is 4. The average molecular weight is 721 g/mol. The van der Waals surface area contributed by atoms with E-state index in [0.717, 1.165) is 34.1 Å². The molecule has 0 aliphatic carbocycles. The number of nitro groups is 2. The highest BCUT2D eigenvalue weighted by molar-refractivity contribution is 6.02. The third kappa shape index (κ3) is 7.26. The molecule has 0 spiro atoms. The number of carboxylic acids is 2. The lowest BCUT2D eigenvalue weighted by atomic mass is 9.97. The lowest BCUT2D eigenvalue weighted by Crippen LogP contribution is -2.50. The van der Waals surface area contributed by atoms with E-state index < -0.39 is 68.3 Å². The highest BCUT2D eigenvalue weighted by Crippen LogP contribution is 2.40. The van der Waals surface area contributed by atoms with E-state index in [0.29, 0.717) is 0 Å². The highest BCUT2D eigenvalue weighted by atomic mass is 16.6. The van der Waals surface area contributed by atoms with Gasteiger partial charge in [-0.05, 0) is 13.8 Å². The number of hydrogen-bond donors (Lipinski definition) is 4. The zero-order chi connectivity index (χ0) is 38.0. The molecule has 2 aromatic carbocycles. The molecule has 4 N–H and O–H groups in total. The Kier molecular flexibility index (Phi) is 10.9. The summed E-state index contributed by atoms with van der Waals surface area (Å²) in [5.74, 6) is -5.56. The molecular formula is C31H36N4O16. The summed E-state index contributed by atoms with van der Waals surface area (Å²) < 4.78 is 21.7. The largest absolute Gasteiger partial charge is 0.496 e. The number of hydrogen-bond acceptors (Lipinski definition) is 14. The monoisotopic (exact) mass is 720 g/mol. The molecule has 276 valence electrons. The van der Waals surface area contributed by atoms with Crippen LogP contribution < -0.4 is 18.9 Å². The van der Waals surface area contributed by atoms with E-state index >= 15 is 0 Å². The normalized spacial score (nSPS) is 22.7. The van der Waals surface area contributed by atoms with Crippen molar-refractivity contribution in [3.63, 3.8) is 0 Å². The summed E-state index contributed by atoms with van der Waals surface area (Å²) in [4.78, 5) is 74.7. The van der Waals surface area contributed by atoms with Crippen LogP contribution in [0.2, 0.25) is 0 Å². The van der Waals surface area contributed by atoms with Crippen molar-refractivity contribution in [2.24, 2.45) is 0 Å². The molecule has 2 saturated heterocycles. The topological polar surface area (TPSA) is 279 Å². The van der Waals surface area contributed by atoms with E-state index in [1.807, 2.05) is 0 Å². The Morgan fingerprint density at radius 2 is 1.08 bits per heavy atom. The molecule has 2 aromatic rings. The fourth-order valence-electron chi connectivity index (χ4n) is 6.11. The molecule has 2 aliphatic rings. The number of carbonyl (C=O) groups is 4. The van der Waals surface area contributed by atoms with Crippen molar-refractivity contribution in [2.45, 2.75) is 56.4 Å². The van der Waals surface area contributed by atoms with Crippen molar-refractivity contribution < 1.29 is 68.4 Å². The van der Waals surface area contributed by atoms with Crippen LogP contribution in [0, 0.1) is 20.2 Å². The van der Waals surface area contributed by atoms with Crippen LogP contribution in [-0.2, 0) is 9.59 Å². The van der Waals surface area contributed by atoms with Crippen LogP contribution in [-0.4, -0.2) is 128 Å². The van der Waals surface area contributed by atoms with Gasteiger partial charge in [0.05, 0.1) is 60.6 Å². The predicted molar refractivity (Wildman–Crippen MR) is 170 cm³/mol. The van der Waals surface area contributed by atoms with Crippen LogP contribution in [0.3, 0.4) is 0 Å². The first-order valence-electron chi connectivity index (χ1n) is 15.3. The molecular weight excluding hydrogens is 684 g/mol. The first-order valence-corrected chi connectivity index (χ1v) is 15.3. The number of methoxy groups -OCH3 is 2. The van der Waals surface area contributed by atoms with E-state index in [9.17, 15) is 59.8 Å². The van der Waals surface area contributed by atoms with Gasteiger partial charge in [-0.1, -0.05) is 0 Å². The van der Waals surface area contributed by atoms with Gasteiger partial charge in [-0.15, -0.1) is 0 Å². The van der Waals surface area contributed by atoms with Gasteiger partial charge < -0.3 is 49.2 Å². The smallest absolute Gasteiger partial charge is 0.329 e. The number of amides is 2. The minimum Gasteiger partial charge on any atom is -0.496 e. The van der Waals surface area contributed by atoms with Gasteiger partial charge in [-0.25, -0.2) is 9.59 Å². The molecule has 20 nitrogen and oxygen atoms in total. The van der Waals surface area contributed by atoms with Gasteiger partial charge in [0.15, 0.2) is 0 Å². The van der Waals surface area contributed by atoms with Crippen LogP contribution in [0.5, 0.6) is 23.0 Å². The number of β-amino-alcohol motifs (C(OH)–C–C–N with tert-alkyl or cyclic N) is 2. The first kappa shape index (κ1) is 38.0. The molecule has 2 amide bonds. The zero-order valence-electron chi connectivity index (χ0n) is 27.9. The number of nitrogens with zero attached hydrogens (tertiary/aromatic N) is 4. The number of carboxylic acid groups (broad SMARTS) is 2. The lowest BCUT2D eigenvalue weighted by molar-refractivity contribution is -0.385. The maximum absolute atomic E-state index is 13.4. The third-order valence-corrected chi connectivity index (χ3v) is 8.88. The van der Waals surface area contributed by atoms with Crippen molar-refractivity contribution in [1.29, 1.82) is 0 Å². The van der Waals surface area contributed by atoms with E-state index in [4.69, 9.17) is 18.9 Å². The SMILES string of the molecule is COc1cc(OCCCOc2cc(OC)c(C(=O)N3C[C@H](O)C[C@@]3(C)C(=O)O)cc2[N+](=O)[O-])c([N+](=O)[O-])cc1C(=O)N1C[C@H](O)C[C@@]1(C)C(=O)O. The first-order chi connectivity index (χ1) is 23.9. The molecule has 0 saturated carbocycles. The lowest BCUT2D eigenvalue weighted by Gasteiger charge is -2.31. The predicted octanol–water partition coefficient (Wildman–Crippen LogP) is 1.47. The second kappa shape index (κ2) is 14.6. The second-order valence-corrected chi connectivity index (χ2v) is 12.3. The fraction of sp³-hybridized carbons (Fsp3) is 0.484. The molecule has 2 aliphatic heterocycles. The molecule has 2 heterocycles. The van der Waals surface area contributed by atoms with Crippen molar-refractivity contribution in [1.82, 2.24) is 9.80 Å². The summed E-state index contributed by atoms with van der Waals surface area (Å²) in [6.45, 7) is 1.37. The number of carbonyl (C=O) groups excluding carboxylic acids is 2. The van der Waals surface area contributed by atoms with Crippen molar-refractivity contribution in [3.8, 4) is 23.0 Å². The van der Waals surface area contributed by atoms with E-state index in [1.54, 1.807) is 0 Å². The van der Waals surface area contributed by atoms with E-state index in [-0.39, 0.29) is 79.7 Å². The molecule has 51 heavy (non-hydrogen) atoms. The van der Waals surface area contributed by atoms with Crippen molar-refractivity contribution in [3.05, 3.63) is 55.6 Å². The molecule has 4 rings (SSSR count). The van der Waals surface area contributed by atoms with Crippen molar-refractivity contribution in [2.75, 3.05) is 40.5 Å². The van der Waals surface area contributed by atoms with Crippen LogP contribution >= 0.6 is 0 Å². The maximum atomic E-state index is 13.4. The minimum atomic E-state index is -1.78. The summed E-state index contributed by atoms with van der Waals surface area (Å²) in [6, 6.07) is 3.91. The number of rotatable bonds is 14. The number of likely N-dealkylation sites (tertiary alicyclic amines) is 2. The molecule has 0 unspecified atom stereocenters. The summed E-state index contributed by atoms with van der Waals surface area (Å²) >= 11 is 0. The molecule has 0 radical (unpaired) electrons. The third-order valence-electron chi connectivity index (χ3n) is 8.88. The van der Waals surface area contributed by atoms with Gasteiger partial charge >= 0.3 is 23.3 Å². The fourth-order valence-corrected chi connectivity index (χ4v) is 6.11. The average Bonchev–Trinajstić information content (AvgIpc) is 3.57. The van der Waals surface area contributed by atoms with Gasteiger partial charge in [0.2, 0.25) is 11.5 Å². The summed E-state index contributed by atoms with van der Waals surface area (Å²) in [5.41, 5.74) is -5.53. The van der Waals surface area contributed by atoms with Crippen LogP contribution in [0.15, 0.2) is 24.3 Å². The Bertz CT molecular complexity index is 1640. The number of benzene rings is 2. The minimum absolute atomic E-state index is 0.00552. The van der Waals surface area contributed by atoms with E-state index in [2.05, 4.69) is 0 Å². The standard InChI is InChI=1S/C31H36N4O16/c1-30(28(40)41)12-16(36)14-32(30)26(38)18-8-20(34(44)45)24(10-22(18)48-3)50-6-5-7-51-25-11-23(49-4)19(9-21(25)35(46)47)27(39)33-15-17(37)13-31(33,2)29(42)43/h8-11,16-17,36-37H,5-7,12-15H2,1-4H3,(H,40,41)(H,42,43)/t16-,17-,30+,31+/m1/s1. The van der Waals surface area contributed by atoms with Crippen molar-refractivity contribution >= 4 is 35.1 Å². The Morgan fingerprint density at radius 3 is 1.37 bits per heavy atom. The molecule has 20 heteroatoms. The zero-order valence-corrected chi connectivity index (χ0v) is 27.9. The van der Waals surface area contributed by atoms with E-state index in [1.165, 1.54) is 28.1 Å². The number of aliphatic hydroxyl groups excluding tert-OH is 2. The van der Waals surface area contributed by atoms with Gasteiger partial charge in [-0.3, -0.25) is 29.8 Å². The van der Waals surface area contributed by atoms with Gasteiger partial charge in [-0.2, -0.15) is 0 Å². The van der Waals surface area contributed by atoms with Crippen LogP contribution in [0.4, 0.5) is 11.4 Å². The molecule has 2 fully saturated rings. The molecule has 0 bridgehead atoms.